The highest BCUT2D eigenvalue weighted by Crippen LogP contribution is 2.21. The fraction of sp³-hybridized carbons (Fsp3) is 0.391. The van der Waals surface area contributed by atoms with Crippen molar-refractivity contribution in [3.8, 4) is 0 Å². The average Bonchev–Trinajstić information content (AvgIpc) is 2.72. The highest BCUT2D eigenvalue weighted by atomic mass is 32.2. The van der Waals surface area contributed by atoms with E-state index in [9.17, 15) is 14.0 Å². The Kier molecular flexibility index (Phi) is 9.19. The van der Waals surface area contributed by atoms with Crippen LogP contribution in [0.4, 0.5) is 4.39 Å². The van der Waals surface area contributed by atoms with E-state index in [2.05, 4.69) is 5.32 Å². The molecule has 0 fully saturated rings. The van der Waals surface area contributed by atoms with Crippen molar-refractivity contribution in [3.63, 3.8) is 0 Å². The van der Waals surface area contributed by atoms with Gasteiger partial charge in [0.05, 0.1) is 5.75 Å². The van der Waals surface area contributed by atoms with Crippen molar-refractivity contribution in [1.29, 1.82) is 0 Å². The monoisotopic (exact) mass is 416 g/mol. The molecule has 4 nitrogen and oxygen atoms in total. The molecule has 0 aliphatic rings. The Morgan fingerprint density at radius 3 is 2.48 bits per heavy atom. The summed E-state index contributed by atoms with van der Waals surface area (Å²) < 4.78 is 14.2. The smallest absolute Gasteiger partial charge is 0.242 e. The minimum atomic E-state index is -0.683. The Hall–Kier alpha value is -2.34. The van der Waals surface area contributed by atoms with E-state index in [1.54, 1.807) is 25.1 Å². The maximum absolute atomic E-state index is 14.2. The molecule has 1 atom stereocenters. The van der Waals surface area contributed by atoms with Gasteiger partial charge in [0.2, 0.25) is 11.8 Å². The summed E-state index contributed by atoms with van der Waals surface area (Å²) in [6.45, 7) is 6.37. The van der Waals surface area contributed by atoms with Gasteiger partial charge >= 0.3 is 0 Å². The third-order valence-electron chi connectivity index (χ3n) is 4.68. The second kappa shape index (κ2) is 11.6. The normalized spacial score (nSPS) is 11.7. The number of hydrogen-bond donors (Lipinski definition) is 1. The van der Waals surface area contributed by atoms with Gasteiger partial charge in [0, 0.05) is 23.5 Å². The van der Waals surface area contributed by atoms with Crippen LogP contribution >= 0.6 is 11.8 Å². The van der Waals surface area contributed by atoms with Crippen molar-refractivity contribution in [3.05, 3.63) is 65.5 Å². The Bertz CT molecular complexity index is 811. The first kappa shape index (κ1) is 22.9. The summed E-state index contributed by atoms with van der Waals surface area (Å²) in [5.74, 6) is -0.611. The zero-order valence-electron chi connectivity index (χ0n) is 17.3. The Morgan fingerprint density at radius 2 is 1.83 bits per heavy atom. The minimum absolute atomic E-state index is 0.0579. The lowest BCUT2D eigenvalue weighted by Gasteiger charge is -2.29. The van der Waals surface area contributed by atoms with Gasteiger partial charge < -0.3 is 10.2 Å². The molecule has 29 heavy (non-hydrogen) atoms. The fourth-order valence-electron chi connectivity index (χ4n) is 2.79. The number of hydrogen-bond acceptors (Lipinski definition) is 3. The van der Waals surface area contributed by atoms with Crippen LogP contribution in [-0.4, -0.2) is 35.1 Å². The quantitative estimate of drug-likeness (QED) is 0.456. The van der Waals surface area contributed by atoms with Crippen molar-refractivity contribution in [2.24, 2.45) is 0 Å². The average molecular weight is 417 g/mol. The van der Waals surface area contributed by atoms with E-state index in [1.165, 1.54) is 22.7 Å². The van der Waals surface area contributed by atoms with Crippen molar-refractivity contribution in [2.45, 2.75) is 51.1 Å². The van der Waals surface area contributed by atoms with Crippen LogP contribution in [0.1, 0.15) is 37.8 Å². The molecular weight excluding hydrogens is 387 g/mol. The van der Waals surface area contributed by atoms with Crippen molar-refractivity contribution in [2.75, 3.05) is 12.3 Å². The maximum Gasteiger partial charge on any atom is 0.242 e. The summed E-state index contributed by atoms with van der Waals surface area (Å²) >= 11 is 1.41. The lowest BCUT2D eigenvalue weighted by Crippen LogP contribution is -2.48. The van der Waals surface area contributed by atoms with Crippen LogP contribution in [0.5, 0.6) is 0 Å². The highest BCUT2D eigenvalue weighted by Gasteiger charge is 2.26. The van der Waals surface area contributed by atoms with E-state index in [-0.39, 0.29) is 29.9 Å². The molecule has 6 heteroatoms. The van der Waals surface area contributed by atoms with E-state index >= 15 is 0 Å². The molecule has 2 aromatic carbocycles. The van der Waals surface area contributed by atoms with Gasteiger partial charge in [0.1, 0.15) is 11.9 Å². The van der Waals surface area contributed by atoms with E-state index in [4.69, 9.17) is 0 Å². The minimum Gasteiger partial charge on any atom is -0.354 e. The zero-order valence-corrected chi connectivity index (χ0v) is 18.1. The molecule has 0 saturated carbocycles. The fourth-order valence-corrected chi connectivity index (χ4v) is 3.58. The summed E-state index contributed by atoms with van der Waals surface area (Å²) in [6.07, 6.45) is 1.85. The van der Waals surface area contributed by atoms with Gasteiger partial charge in [-0.2, -0.15) is 0 Å². The lowest BCUT2D eigenvalue weighted by atomic mass is 10.1. The summed E-state index contributed by atoms with van der Waals surface area (Å²) in [5.41, 5.74) is 1.55. The number of rotatable bonds is 10. The number of benzene rings is 2. The second-order valence-electron chi connectivity index (χ2n) is 7.04. The first-order chi connectivity index (χ1) is 13.9. The van der Waals surface area contributed by atoms with Crippen LogP contribution in [0.3, 0.4) is 0 Å². The maximum atomic E-state index is 14.2. The Morgan fingerprint density at radius 1 is 1.14 bits per heavy atom. The van der Waals surface area contributed by atoms with Crippen LogP contribution in [-0.2, 0) is 16.1 Å². The molecule has 1 N–H and O–H groups in total. The molecule has 0 heterocycles. The number of carbonyl (C=O) groups excluding carboxylic acids is 2. The van der Waals surface area contributed by atoms with Crippen LogP contribution < -0.4 is 5.32 Å². The zero-order chi connectivity index (χ0) is 21.2. The van der Waals surface area contributed by atoms with Crippen molar-refractivity contribution in [1.82, 2.24) is 10.2 Å². The van der Waals surface area contributed by atoms with Crippen molar-refractivity contribution >= 4 is 23.6 Å². The third-order valence-corrected chi connectivity index (χ3v) is 5.68. The number of nitrogens with one attached hydrogen (secondary N) is 1. The SMILES string of the molecule is CCCCNC(=O)[C@@H](C)N(Cc1ccccc1F)C(=O)CSc1ccc(C)cc1. The largest absolute Gasteiger partial charge is 0.354 e. The van der Waals surface area contributed by atoms with Crippen LogP contribution in [0.25, 0.3) is 0 Å². The van der Waals surface area contributed by atoms with Gasteiger partial charge in [-0.25, -0.2) is 4.39 Å². The molecule has 0 aliphatic carbocycles. The Labute approximate surface area is 176 Å². The number of halogens is 1. The first-order valence-electron chi connectivity index (χ1n) is 9.92. The number of nitrogens with zero attached hydrogens (tertiary/aromatic N) is 1. The van der Waals surface area contributed by atoms with E-state index in [0.717, 1.165) is 23.3 Å². The lowest BCUT2D eigenvalue weighted by molar-refractivity contribution is -0.138. The van der Waals surface area contributed by atoms with Crippen LogP contribution in [0, 0.1) is 12.7 Å². The number of aryl methyl sites for hydroxylation is 1. The molecule has 0 spiro atoms. The molecule has 2 aromatic rings. The molecule has 156 valence electrons. The van der Waals surface area contributed by atoms with Gasteiger partial charge in [-0.15, -0.1) is 11.8 Å². The summed E-state index contributed by atoms with van der Waals surface area (Å²) in [4.78, 5) is 28.0. The first-order valence-corrected chi connectivity index (χ1v) is 10.9. The molecule has 0 bridgehead atoms. The van der Waals surface area contributed by atoms with Gasteiger partial charge in [-0.05, 0) is 38.5 Å². The van der Waals surface area contributed by atoms with Crippen molar-refractivity contribution < 1.29 is 14.0 Å². The number of thioether (sulfide) groups is 1. The number of carbonyl (C=O) groups is 2. The van der Waals surface area contributed by atoms with E-state index < -0.39 is 6.04 Å². The van der Waals surface area contributed by atoms with Crippen LogP contribution in [0.15, 0.2) is 53.4 Å². The highest BCUT2D eigenvalue weighted by molar-refractivity contribution is 8.00. The third kappa shape index (κ3) is 7.20. The summed E-state index contributed by atoms with van der Waals surface area (Å²) in [7, 11) is 0. The predicted molar refractivity (Wildman–Crippen MR) is 116 cm³/mol. The number of amides is 2. The molecule has 0 aromatic heterocycles. The second-order valence-corrected chi connectivity index (χ2v) is 8.08. The molecule has 2 amide bonds. The topological polar surface area (TPSA) is 49.4 Å². The predicted octanol–water partition coefficient (Wildman–Crippen LogP) is 4.56. The van der Waals surface area contributed by atoms with E-state index in [1.807, 2.05) is 38.1 Å². The molecule has 0 unspecified atom stereocenters. The van der Waals surface area contributed by atoms with Gasteiger partial charge in [0.15, 0.2) is 0 Å². The van der Waals surface area contributed by atoms with Crippen LogP contribution in [0.2, 0.25) is 0 Å². The molecule has 0 saturated heterocycles. The Balaban J connectivity index is 2.11. The van der Waals surface area contributed by atoms with Gasteiger partial charge in [-0.1, -0.05) is 49.2 Å². The summed E-state index contributed by atoms with van der Waals surface area (Å²) in [5, 5.41) is 2.87. The molecule has 0 radical (unpaired) electrons. The van der Waals surface area contributed by atoms with Gasteiger partial charge in [-0.3, -0.25) is 9.59 Å². The van der Waals surface area contributed by atoms with Gasteiger partial charge in [0.25, 0.3) is 0 Å². The molecule has 0 aliphatic heterocycles. The number of unbranched alkanes of at least 4 members (excludes halogenated alkanes) is 1. The summed E-state index contributed by atoms with van der Waals surface area (Å²) in [6, 6.07) is 13.6. The molecular formula is C23H29FN2O2S. The standard InChI is InChI=1S/C23H29FN2O2S/c1-4-5-14-25-23(28)18(3)26(15-19-8-6-7-9-21(19)24)22(27)16-29-20-12-10-17(2)11-13-20/h6-13,18H,4-5,14-16H2,1-3H3,(H,25,28)/t18-/m1/s1. The van der Waals surface area contributed by atoms with E-state index in [0.29, 0.717) is 12.1 Å². The molecule has 2 rings (SSSR count).